The molecule has 0 amide bonds. The first kappa shape index (κ1) is 12.3. The molecule has 2 aromatic heterocycles. The molecule has 1 unspecified atom stereocenters. The normalized spacial score (nSPS) is 15.9. The van der Waals surface area contributed by atoms with Gasteiger partial charge in [-0.1, -0.05) is 0 Å². The standard InChI is InChI=1S/C15H16N4O2/c1-10(19-5-2-4-16-19)15-17-11-8-13-14(9-12(11)18-15)21-7-3-6-20-13/h2,4-5,8-10H,3,6-7H2,1H3,(H,17,18). The van der Waals surface area contributed by atoms with Gasteiger partial charge in [0, 0.05) is 30.9 Å². The molecular formula is C15H16N4O2. The van der Waals surface area contributed by atoms with Crippen LogP contribution in [-0.2, 0) is 0 Å². The van der Waals surface area contributed by atoms with E-state index in [9.17, 15) is 0 Å². The molecule has 1 atom stereocenters. The lowest BCUT2D eigenvalue weighted by Gasteiger charge is -2.08. The number of nitrogens with one attached hydrogen (secondary N) is 1. The Hall–Kier alpha value is -2.50. The molecule has 1 aliphatic rings. The zero-order chi connectivity index (χ0) is 14.2. The number of H-pyrrole nitrogens is 1. The third-order valence-electron chi connectivity index (χ3n) is 3.69. The molecule has 1 aliphatic heterocycles. The molecule has 6 heteroatoms. The summed E-state index contributed by atoms with van der Waals surface area (Å²) in [6.45, 7) is 3.42. The molecule has 3 aromatic rings. The average molecular weight is 284 g/mol. The fourth-order valence-corrected chi connectivity index (χ4v) is 2.52. The Labute approximate surface area is 121 Å². The van der Waals surface area contributed by atoms with E-state index < -0.39 is 0 Å². The van der Waals surface area contributed by atoms with Gasteiger partial charge in [-0.25, -0.2) is 4.98 Å². The number of nitrogens with zero attached hydrogens (tertiary/aromatic N) is 3. The minimum absolute atomic E-state index is 0.0500. The average Bonchev–Trinajstić information content (AvgIpc) is 3.10. The van der Waals surface area contributed by atoms with Crippen molar-refractivity contribution in [3.8, 4) is 11.5 Å². The second-order valence-corrected chi connectivity index (χ2v) is 5.15. The first-order valence-electron chi connectivity index (χ1n) is 7.09. The van der Waals surface area contributed by atoms with Crippen LogP contribution < -0.4 is 9.47 Å². The van der Waals surface area contributed by atoms with Crippen LogP contribution in [-0.4, -0.2) is 33.0 Å². The van der Waals surface area contributed by atoms with Crippen LogP contribution in [0.4, 0.5) is 0 Å². The summed E-state index contributed by atoms with van der Waals surface area (Å²) in [5, 5.41) is 4.26. The number of aromatic amines is 1. The van der Waals surface area contributed by atoms with Crippen molar-refractivity contribution < 1.29 is 9.47 Å². The van der Waals surface area contributed by atoms with Crippen LogP contribution in [0.3, 0.4) is 0 Å². The molecule has 1 aromatic carbocycles. The van der Waals surface area contributed by atoms with E-state index >= 15 is 0 Å². The van der Waals surface area contributed by atoms with Crippen LogP contribution in [0.1, 0.15) is 25.2 Å². The Bertz CT molecular complexity index is 720. The highest BCUT2D eigenvalue weighted by molar-refractivity contribution is 5.80. The molecule has 1 N–H and O–H groups in total. The zero-order valence-corrected chi connectivity index (χ0v) is 11.7. The number of ether oxygens (including phenoxy) is 2. The minimum atomic E-state index is 0.0500. The summed E-state index contributed by atoms with van der Waals surface area (Å²) in [5.41, 5.74) is 1.83. The highest BCUT2D eigenvalue weighted by atomic mass is 16.5. The highest BCUT2D eigenvalue weighted by Crippen LogP contribution is 2.34. The second kappa shape index (κ2) is 4.80. The largest absolute Gasteiger partial charge is 0.489 e. The summed E-state index contributed by atoms with van der Waals surface area (Å²) in [7, 11) is 0. The number of benzene rings is 1. The van der Waals surface area contributed by atoms with E-state index in [2.05, 4.69) is 22.0 Å². The fourth-order valence-electron chi connectivity index (χ4n) is 2.52. The maximum absolute atomic E-state index is 5.71. The predicted molar refractivity (Wildman–Crippen MR) is 77.7 cm³/mol. The molecule has 0 radical (unpaired) electrons. The molecule has 21 heavy (non-hydrogen) atoms. The number of hydrogen-bond acceptors (Lipinski definition) is 4. The number of hydrogen-bond donors (Lipinski definition) is 1. The van der Waals surface area contributed by atoms with Gasteiger partial charge in [-0.15, -0.1) is 0 Å². The van der Waals surface area contributed by atoms with Gasteiger partial charge in [0.2, 0.25) is 0 Å². The van der Waals surface area contributed by atoms with E-state index in [-0.39, 0.29) is 6.04 Å². The Morgan fingerprint density at radius 2 is 2.05 bits per heavy atom. The third-order valence-corrected chi connectivity index (χ3v) is 3.69. The Balaban J connectivity index is 1.76. The Kier molecular flexibility index (Phi) is 2.80. The maximum atomic E-state index is 5.71. The predicted octanol–water partition coefficient (Wildman–Crippen LogP) is 2.53. The van der Waals surface area contributed by atoms with E-state index in [1.54, 1.807) is 6.20 Å². The van der Waals surface area contributed by atoms with E-state index in [0.717, 1.165) is 34.8 Å². The monoisotopic (exact) mass is 284 g/mol. The van der Waals surface area contributed by atoms with Gasteiger partial charge < -0.3 is 14.5 Å². The van der Waals surface area contributed by atoms with Crippen LogP contribution in [0.5, 0.6) is 11.5 Å². The lowest BCUT2D eigenvalue weighted by atomic mass is 10.3. The fraction of sp³-hybridized carbons (Fsp3) is 0.333. The summed E-state index contributed by atoms with van der Waals surface area (Å²) in [5.74, 6) is 2.42. The number of aromatic nitrogens is 4. The quantitative estimate of drug-likeness (QED) is 0.785. The summed E-state index contributed by atoms with van der Waals surface area (Å²) in [4.78, 5) is 8.00. The smallest absolute Gasteiger partial charge is 0.163 e. The van der Waals surface area contributed by atoms with Gasteiger partial charge in [0.15, 0.2) is 11.5 Å². The molecule has 0 fully saturated rings. The molecule has 0 saturated carbocycles. The van der Waals surface area contributed by atoms with Gasteiger partial charge in [0.25, 0.3) is 0 Å². The molecule has 0 saturated heterocycles. The lowest BCUT2D eigenvalue weighted by Crippen LogP contribution is -2.08. The van der Waals surface area contributed by atoms with Crippen molar-refractivity contribution in [3.63, 3.8) is 0 Å². The Morgan fingerprint density at radius 3 is 2.81 bits per heavy atom. The van der Waals surface area contributed by atoms with Crippen molar-refractivity contribution in [3.05, 3.63) is 36.4 Å². The van der Waals surface area contributed by atoms with Crippen molar-refractivity contribution in [2.75, 3.05) is 13.2 Å². The van der Waals surface area contributed by atoms with E-state index in [1.807, 2.05) is 29.1 Å². The Morgan fingerprint density at radius 1 is 1.24 bits per heavy atom. The van der Waals surface area contributed by atoms with Crippen molar-refractivity contribution in [2.24, 2.45) is 0 Å². The molecule has 6 nitrogen and oxygen atoms in total. The molecule has 0 aliphatic carbocycles. The summed E-state index contributed by atoms with van der Waals surface area (Å²) >= 11 is 0. The number of fused-ring (bicyclic) bond motifs is 2. The van der Waals surface area contributed by atoms with Gasteiger partial charge in [-0.3, -0.25) is 4.68 Å². The van der Waals surface area contributed by atoms with Crippen molar-refractivity contribution >= 4 is 11.0 Å². The number of imidazole rings is 1. The van der Waals surface area contributed by atoms with E-state index in [1.165, 1.54) is 0 Å². The van der Waals surface area contributed by atoms with Crippen LogP contribution >= 0.6 is 0 Å². The molecular weight excluding hydrogens is 268 g/mol. The van der Waals surface area contributed by atoms with Gasteiger partial charge in [0.05, 0.1) is 24.2 Å². The van der Waals surface area contributed by atoms with Crippen molar-refractivity contribution in [1.29, 1.82) is 0 Å². The molecule has 0 spiro atoms. The molecule has 4 rings (SSSR count). The number of rotatable bonds is 2. The highest BCUT2D eigenvalue weighted by Gasteiger charge is 2.17. The minimum Gasteiger partial charge on any atom is -0.489 e. The van der Waals surface area contributed by atoms with E-state index in [0.29, 0.717) is 13.2 Å². The molecule has 0 bridgehead atoms. The first-order valence-corrected chi connectivity index (χ1v) is 7.09. The first-order chi connectivity index (χ1) is 10.3. The van der Waals surface area contributed by atoms with Crippen molar-refractivity contribution in [2.45, 2.75) is 19.4 Å². The van der Waals surface area contributed by atoms with Crippen LogP contribution in [0, 0.1) is 0 Å². The third kappa shape index (κ3) is 2.12. The summed E-state index contributed by atoms with van der Waals surface area (Å²) in [6, 6.07) is 5.85. The van der Waals surface area contributed by atoms with Crippen molar-refractivity contribution in [1.82, 2.24) is 19.7 Å². The lowest BCUT2D eigenvalue weighted by molar-refractivity contribution is 0.297. The molecule has 108 valence electrons. The van der Waals surface area contributed by atoms with Gasteiger partial charge in [0.1, 0.15) is 11.9 Å². The summed E-state index contributed by atoms with van der Waals surface area (Å²) < 4.78 is 13.3. The zero-order valence-electron chi connectivity index (χ0n) is 11.7. The van der Waals surface area contributed by atoms with Crippen LogP contribution in [0.2, 0.25) is 0 Å². The second-order valence-electron chi connectivity index (χ2n) is 5.15. The maximum Gasteiger partial charge on any atom is 0.163 e. The molecule has 3 heterocycles. The van der Waals surface area contributed by atoms with Gasteiger partial charge >= 0.3 is 0 Å². The van der Waals surface area contributed by atoms with Gasteiger partial charge in [-0.05, 0) is 13.0 Å². The van der Waals surface area contributed by atoms with E-state index in [4.69, 9.17) is 9.47 Å². The van der Waals surface area contributed by atoms with Crippen LogP contribution in [0.25, 0.3) is 11.0 Å². The van der Waals surface area contributed by atoms with Gasteiger partial charge in [-0.2, -0.15) is 5.10 Å². The SMILES string of the molecule is CC(c1nc2cc3c(cc2[nH]1)OCCCO3)n1cccn1. The topological polar surface area (TPSA) is 65.0 Å². The summed E-state index contributed by atoms with van der Waals surface area (Å²) in [6.07, 6.45) is 4.60. The van der Waals surface area contributed by atoms with Crippen LogP contribution in [0.15, 0.2) is 30.6 Å².